The second-order valence-electron chi connectivity index (χ2n) is 8.86. The lowest BCUT2D eigenvalue weighted by molar-refractivity contribution is 0.121. The number of carbonyl (C=O) groups is 1. The van der Waals surface area contributed by atoms with E-state index in [-0.39, 0.29) is 29.4 Å². The number of carbonyl (C=O) groups excluding carboxylic acids is 1. The number of nitrogens with one attached hydrogen (secondary N) is 1. The topological polar surface area (TPSA) is 55.8 Å². The van der Waals surface area contributed by atoms with Gasteiger partial charge in [0.2, 0.25) is 0 Å². The molecule has 2 aliphatic heterocycles. The van der Waals surface area contributed by atoms with Crippen molar-refractivity contribution >= 4 is 6.03 Å². The molecule has 2 N–H and O–H groups in total. The van der Waals surface area contributed by atoms with Crippen LogP contribution < -0.4 is 5.32 Å². The lowest BCUT2D eigenvalue weighted by atomic mass is 9.87. The van der Waals surface area contributed by atoms with Gasteiger partial charge in [-0.2, -0.15) is 0 Å². The van der Waals surface area contributed by atoms with Crippen molar-refractivity contribution in [3.05, 3.63) is 35.6 Å². The van der Waals surface area contributed by atoms with E-state index in [1.807, 2.05) is 17.0 Å². The first-order chi connectivity index (χ1) is 12.8. The van der Waals surface area contributed by atoms with Crippen LogP contribution in [0.15, 0.2) is 24.3 Å². The summed E-state index contributed by atoms with van der Waals surface area (Å²) in [5.41, 5.74) is 1.05. The summed E-state index contributed by atoms with van der Waals surface area (Å²) in [7, 11) is 0. The van der Waals surface area contributed by atoms with E-state index in [9.17, 15) is 14.3 Å². The predicted octanol–water partition coefficient (Wildman–Crippen LogP) is 2.98. The highest BCUT2D eigenvalue weighted by Crippen LogP contribution is 2.28. The zero-order valence-electron chi connectivity index (χ0n) is 16.5. The van der Waals surface area contributed by atoms with E-state index in [2.05, 4.69) is 24.1 Å². The zero-order valence-corrected chi connectivity index (χ0v) is 16.5. The molecular weight excluding hydrogens is 345 g/mol. The molecule has 0 saturated carbocycles. The van der Waals surface area contributed by atoms with Crippen LogP contribution in [-0.2, 0) is 6.54 Å². The number of nitrogens with zero attached hydrogens (tertiary/aromatic N) is 2. The van der Waals surface area contributed by atoms with Gasteiger partial charge in [0.05, 0.1) is 6.10 Å². The zero-order chi connectivity index (χ0) is 19.4. The van der Waals surface area contributed by atoms with Crippen molar-refractivity contribution in [2.45, 2.75) is 58.2 Å². The van der Waals surface area contributed by atoms with Crippen LogP contribution >= 0.6 is 0 Å². The van der Waals surface area contributed by atoms with Gasteiger partial charge < -0.3 is 15.3 Å². The highest BCUT2D eigenvalue weighted by molar-refractivity contribution is 5.74. The number of piperidine rings is 1. The fourth-order valence-electron chi connectivity index (χ4n) is 4.23. The Labute approximate surface area is 161 Å². The summed E-state index contributed by atoms with van der Waals surface area (Å²) in [5, 5.41) is 13.2. The largest absolute Gasteiger partial charge is 0.393 e. The van der Waals surface area contributed by atoms with Crippen molar-refractivity contribution in [2.75, 3.05) is 26.2 Å². The third kappa shape index (κ3) is 5.91. The Morgan fingerprint density at radius 3 is 2.52 bits per heavy atom. The molecule has 2 heterocycles. The number of benzene rings is 1. The molecule has 0 aromatic heterocycles. The molecule has 3 rings (SSSR count). The Balaban J connectivity index is 1.45. The van der Waals surface area contributed by atoms with Crippen LogP contribution in [0.25, 0.3) is 0 Å². The number of rotatable bonds is 3. The molecule has 0 aliphatic carbocycles. The molecule has 1 aromatic rings. The molecule has 2 amide bonds. The Morgan fingerprint density at radius 1 is 1.19 bits per heavy atom. The smallest absolute Gasteiger partial charge is 0.317 e. The van der Waals surface area contributed by atoms with E-state index in [0.29, 0.717) is 19.5 Å². The molecule has 150 valence electrons. The monoisotopic (exact) mass is 377 g/mol. The molecular formula is C21H32FN3O2. The molecule has 2 saturated heterocycles. The first-order valence-corrected chi connectivity index (χ1v) is 10.0. The highest BCUT2D eigenvalue weighted by atomic mass is 19.1. The number of aliphatic hydroxyl groups is 1. The number of halogens is 1. The number of urea groups is 1. The van der Waals surface area contributed by atoms with Gasteiger partial charge in [-0.25, -0.2) is 9.18 Å². The summed E-state index contributed by atoms with van der Waals surface area (Å²) in [6.45, 7) is 8.17. The average Bonchev–Trinajstić information content (AvgIpc) is 2.75. The minimum atomic E-state index is -0.326. The summed E-state index contributed by atoms with van der Waals surface area (Å²) < 4.78 is 13.0. The van der Waals surface area contributed by atoms with Gasteiger partial charge >= 0.3 is 6.03 Å². The molecule has 0 bridgehead atoms. The second kappa shape index (κ2) is 8.57. The lowest BCUT2D eigenvalue weighted by Crippen LogP contribution is -2.50. The van der Waals surface area contributed by atoms with Crippen molar-refractivity contribution in [2.24, 2.45) is 5.41 Å². The number of hydrogen-bond donors (Lipinski definition) is 2. The first kappa shape index (κ1) is 20.1. The summed E-state index contributed by atoms with van der Waals surface area (Å²) in [5.74, 6) is -0.204. The maximum atomic E-state index is 13.0. The van der Waals surface area contributed by atoms with Crippen molar-refractivity contribution in [1.82, 2.24) is 15.1 Å². The van der Waals surface area contributed by atoms with Crippen LogP contribution in [-0.4, -0.2) is 59.3 Å². The third-order valence-electron chi connectivity index (χ3n) is 5.66. The fourth-order valence-corrected chi connectivity index (χ4v) is 4.23. The number of amides is 2. The molecule has 1 atom stereocenters. The minimum absolute atomic E-state index is 0.00541. The fraction of sp³-hybridized carbons (Fsp3) is 0.667. The lowest BCUT2D eigenvalue weighted by Gasteiger charge is -2.35. The summed E-state index contributed by atoms with van der Waals surface area (Å²) in [4.78, 5) is 16.9. The van der Waals surface area contributed by atoms with Gasteiger partial charge in [-0.3, -0.25) is 4.90 Å². The van der Waals surface area contributed by atoms with E-state index in [1.165, 1.54) is 12.1 Å². The van der Waals surface area contributed by atoms with Crippen LogP contribution in [0.3, 0.4) is 0 Å². The van der Waals surface area contributed by atoms with Gasteiger partial charge in [0, 0.05) is 38.8 Å². The molecule has 0 radical (unpaired) electrons. The van der Waals surface area contributed by atoms with Crippen molar-refractivity contribution in [3.8, 4) is 0 Å². The van der Waals surface area contributed by atoms with E-state index in [4.69, 9.17) is 0 Å². The summed E-state index contributed by atoms with van der Waals surface area (Å²) >= 11 is 0. The Hall–Kier alpha value is -1.66. The molecule has 5 nitrogen and oxygen atoms in total. The first-order valence-electron chi connectivity index (χ1n) is 10.0. The standard InChI is InChI=1S/C21H32FN3O2/c1-21(2)13-19(26)9-12-25(15-21)20(27)23-18-7-10-24(11-8-18)14-16-3-5-17(22)6-4-16/h3-6,18-19,26H,7-15H2,1-2H3,(H,23,27)/t19-/m1/s1. The SMILES string of the molecule is CC1(C)C[C@H](O)CCN(C(=O)NC2CCN(Cc3ccc(F)cc3)CC2)C1. The van der Waals surface area contributed by atoms with Gasteiger partial charge in [-0.05, 0) is 48.8 Å². The van der Waals surface area contributed by atoms with Crippen molar-refractivity contribution in [1.29, 1.82) is 0 Å². The predicted molar refractivity (Wildman–Crippen MR) is 104 cm³/mol. The highest BCUT2D eigenvalue weighted by Gasteiger charge is 2.32. The van der Waals surface area contributed by atoms with Gasteiger partial charge in [0.1, 0.15) is 5.82 Å². The maximum absolute atomic E-state index is 13.0. The normalized spacial score (nSPS) is 24.4. The second-order valence-corrected chi connectivity index (χ2v) is 8.86. The average molecular weight is 378 g/mol. The molecule has 27 heavy (non-hydrogen) atoms. The molecule has 2 aliphatic rings. The van der Waals surface area contributed by atoms with Crippen LogP contribution in [0.2, 0.25) is 0 Å². The van der Waals surface area contributed by atoms with Gasteiger partial charge in [0.25, 0.3) is 0 Å². The molecule has 6 heteroatoms. The molecule has 2 fully saturated rings. The summed E-state index contributed by atoms with van der Waals surface area (Å²) in [6, 6.07) is 6.86. The summed E-state index contributed by atoms with van der Waals surface area (Å²) in [6.07, 6.45) is 2.90. The van der Waals surface area contributed by atoms with E-state index < -0.39 is 0 Å². The maximum Gasteiger partial charge on any atom is 0.317 e. The van der Waals surface area contributed by atoms with E-state index in [0.717, 1.165) is 44.5 Å². The molecule has 0 spiro atoms. The quantitative estimate of drug-likeness (QED) is 0.851. The number of aliphatic hydroxyl groups excluding tert-OH is 1. The van der Waals surface area contributed by atoms with Gasteiger partial charge in [0.15, 0.2) is 0 Å². The Kier molecular flexibility index (Phi) is 6.37. The number of likely N-dealkylation sites (tertiary alicyclic amines) is 2. The van der Waals surface area contributed by atoms with Crippen LogP contribution in [0.4, 0.5) is 9.18 Å². The number of hydrogen-bond acceptors (Lipinski definition) is 3. The van der Waals surface area contributed by atoms with Crippen molar-refractivity contribution < 1.29 is 14.3 Å². The van der Waals surface area contributed by atoms with Gasteiger partial charge in [-0.1, -0.05) is 26.0 Å². The van der Waals surface area contributed by atoms with Gasteiger partial charge in [-0.15, -0.1) is 0 Å². The third-order valence-corrected chi connectivity index (χ3v) is 5.66. The van der Waals surface area contributed by atoms with E-state index in [1.54, 1.807) is 0 Å². The van der Waals surface area contributed by atoms with Crippen LogP contribution in [0.5, 0.6) is 0 Å². The van der Waals surface area contributed by atoms with E-state index >= 15 is 0 Å². The minimum Gasteiger partial charge on any atom is -0.393 e. The van der Waals surface area contributed by atoms with Crippen LogP contribution in [0.1, 0.15) is 45.1 Å². The molecule has 1 aromatic carbocycles. The van der Waals surface area contributed by atoms with Crippen molar-refractivity contribution in [3.63, 3.8) is 0 Å². The Morgan fingerprint density at radius 2 is 1.85 bits per heavy atom. The molecule has 0 unspecified atom stereocenters. The Bertz CT molecular complexity index is 627. The van der Waals surface area contributed by atoms with Crippen LogP contribution in [0, 0.1) is 11.2 Å².